The highest BCUT2D eigenvalue weighted by atomic mass is 79.9. The fourth-order valence-corrected chi connectivity index (χ4v) is 7.92. The second-order valence-corrected chi connectivity index (χ2v) is 15.7. The first kappa shape index (κ1) is 31.0. The summed E-state index contributed by atoms with van der Waals surface area (Å²) < 4.78 is 68.3. The zero-order valence-electron chi connectivity index (χ0n) is 22.7. The number of oxazole rings is 1. The summed E-state index contributed by atoms with van der Waals surface area (Å²) in [5, 5.41) is 1.51. The quantitative estimate of drug-likeness (QED) is 0.112. The van der Waals surface area contributed by atoms with Crippen LogP contribution < -0.4 is 13.8 Å². The first-order valence-electron chi connectivity index (χ1n) is 12.7. The van der Waals surface area contributed by atoms with E-state index in [1.807, 2.05) is 49.6 Å². The van der Waals surface area contributed by atoms with Crippen LogP contribution in [0.25, 0.3) is 17.2 Å². The van der Waals surface area contributed by atoms with E-state index in [-0.39, 0.29) is 11.0 Å². The molecule has 1 N–H and O–H groups in total. The van der Waals surface area contributed by atoms with Crippen molar-refractivity contribution in [2.24, 2.45) is 0 Å². The lowest BCUT2D eigenvalue weighted by atomic mass is 10.2. The molecular weight excluding hydrogens is 686 g/mol. The van der Waals surface area contributed by atoms with Crippen molar-refractivity contribution >= 4 is 88.4 Å². The zero-order chi connectivity index (χ0) is 30.4. The maximum Gasteiger partial charge on any atom is 0.374 e. The van der Waals surface area contributed by atoms with Gasteiger partial charge in [-0.2, -0.15) is 4.57 Å². The van der Waals surface area contributed by atoms with Gasteiger partial charge in [0, 0.05) is 33.0 Å². The minimum atomic E-state index is -4.54. The third-order valence-corrected chi connectivity index (χ3v) is 10.5. The van der Waals surface area contributed by atoms with Crippen LogP contribution in [0.4, 0.5) is 5.69 Å². The number of sulfonamides is 1. The summed E-state index contributed by atoms with van der Waals surface area (Å²) >= 11 is 6.59. The molecule has 0 radical (unpaired) electrons. The lowest BCUT2D eigenvalue weighted by molar-refractivity contribution is -0.667. The van der Waals surface area contributed by atoms with Crippen LogP contribution in [0.1, 0.15) is 19.2 Å². The highest BCUT2D eigenvalue weighted by Crippen LogP contribution is 2.60. The zero-order valence-corrected chi connectivity index (χ0v) is 27.6. The van der Waals surface area contributed by atoms with Crippen molar-refractivity contribution in [2.75, 3.05) is 19.1 Å². The predicted molar refractivity (Wildman–Crippen MR) is 167 cm³/mol. The number of amides is 1. The number of nitrogens with zero attached hydrogens (tertiary/aromatic N) is 2. The number of aromatic nitrogens is 1. The lowest BCUT2D eigenvalue weighted by Gasteiger charge is -2.15. The largest absolute Gasteiger partial charge is 0.744 e. The number of halogens is 1. The monoisotopic (exact) mass is 712 g/mol. The van der Waals surface area contributed by atoms with Crippen LogP contribution in [-0.2, 0) is 31.5 Å². The van der Waals surface area contributed by atoms with Crippen LogP contribution in [0.3, 0.4) is 0 Å². The Morgan fingerprint density at radius 3 is 2.69 bits per heavy atom. The minimum Gasteiger partial charge on any atom is -0.744 e. The molecule has 3 aromatic rings. The molecule has 1 spiro atoms. The van der Waals surface area contributed by atoms with Gasteiger partial charge in [0.2, 0.25) is 21.6 Å². The Bertz CT molecular complexity index is 1920. The molecule has 3 heterocycles. The van der Waals surface area contributed by atoms with E-state index in [1.54, 1.807) is 34.2 Å². The summed E-state index contributed by atoms with van der Waals surface area (Å²) in [6, 6.07) is 11.0. The second-order valence-electron chi connectivity index (χ2n) is 9.82. The van der Waals surface area contributed by atoms with E-state index in [2.05, 4.69) is 26.7 Å². The van der Waals surface area contributed by atoms with Gasteiger partial charge in [-0.15, -0.1) is 11.8 Å². The van der Waals surface area contributed by atoms with E-state index in [0.29, 0.717) is 35.4 Å². The Morgan fingerprint density at radius 2 is 2.02 bits per heavy atom. The Balaban J connectivity index is 1.59. The molecule has 2 aromatic carbocycles. The van der Waals surface area contributed by atoms with Gasteiger partial charge in [-0.1, -0.05) is 22.9 Å². The Labute approximate surface area is 261 Å². The van der Waals surface area contributed by atoms with Gasteiger partial charge in [0.25, 0.3) is 11.4 Å². The predicted octanol–water partition coefficient (Wildman–Crippen LogP) is 4.47. The number of quaternary nitrogens is 1. The summed E-state index contributed by atoms with van der Waals surface area (Å²) in [7, 11) is -8.26. The number of benzene rings is 2. The van der Waals surface area contributed by atoms with Crippen LogP contribution in [0.5, 0.6) is 0 Å². The number of carbonyl (C=O) groups excluding carboxylic acids is 1. The molecule has 1 amide bonds. The molecule has 42 heavy (non-hydrogen) atoms. The fraction of sp³-hybridized carbons (Fsp3) is 0.259. The smallest absolute Gasteiger partial charge is 0.374 e. The molecular formula is C27H27BrN3O7S4+. The first-order valence-corrected chi connectivity index (χ1v) is 18.9. The standard InChI is InChI=1S/C27H26BrN3O7S4/c1-4-17(12-25-30(10-5-11-42(35,36)37)20-14-18(28)6-8-23(20)38-25)13-26-31(16-22(31)27(32)29-41(3,33)34)21-15-19(39-2)7-9-24(21)40-26/h5-9,11-15,22H,4,10,16H2,1-3H3/p+1. The van der Waals surface area contributed by atoms with Gasteiger partial charge in [-0.3, -0.25) is 4.79 Å². The normalized spacial score (nSPS) is 21.5. The van der Waals surface area contributed by atoms with Crippen molar-refractivity contribution in [2.45, 2.75) is 35.7 Å². The van der Waals surface area contributed by atoms with Crippen molar-refractivity contribution in [3.63, 3.8) is 0 Å². The fourth-order valence-electron chi connectivity index (χ4n) is 4.95. The van der Waals surface area contributed by atoms with Gasteiger partial charge < -0.3 is 8.97 Å². The summed E-state index contributed by atoms with van der Waals surface area (Å²) in [5.41, 5.74) is 3.10. The van der Waals surface area contributed by atoms with Crippen LogP contribution in [0.2, 0.25) is 0 Å². The van der Waals surface area contributed by atoms with Crippen molar-refractivity contribution in [1.82, 2.24) is 9.21 Å². The Morgan fingerprint density at radius 1 is 1.26 bits per heavy atom. The van der Waals surface area contributed by atoms with Gasteiger partial charge in [-0.25, -0.2) is 26.0 Å². The molecule has 1 saturated heterocycles. The van der Waals surface area contributed by atoms with Crippen LogP contribution in [0, 0.1) is 0 Å². The van der Waals surface area contributed by atoms with Gasteiger partial charge in [0.1, 0.15) is 10.1 Å². The van der Waals surface area contributed by atoms with Crippen molar-refractivity contribution in [3.05, 3.63) is 74.9 Å². The molecule has 15 heteroatoms. The third-order valence-electron chi connectivity index (χ3n) is 6.92. The van der Waals surface area contributed by atoms with Gasteiger partial charge in [0.15, 0.2) is 23.8 Å². The van der Waals surface area contributed by atoms with Gasteiger partial charge >= 0.3 is 5.89 Å². The molecule has 10 nitrogen and oxygen atoms in total. The lowest BCUT2D eigenvalue weighted by Crippen LogP contribution is -2.38. The Kier molecular flexibility index (Phi) is 8.57. The summed E-state index contributed by atoms with van der Waals surface area (Å²) in [6.07, 6.45) is 8.66. The number of carbonyl (C=O) groups is 1. The number of fused-ring (bicyclic) bond motifs is 3. The van der Waals surface area contributed by atoms with E-state index < -0.39 is 32.1 Å². The molecule has 2 aliphatic rings. The van der Waals surface area contributed by atoms with Crippen molar-refractivity contribution in [1.29, 1.82) is 0 Å². The van der Waals surface area contributed by atoms with E-state index in [4.69, 9.17) is 4.42 Å². The van der Waals surface area contributed by atoms with E-state index >= 15 is 0 Å². The molecule has 5 rings (SSSR count). The maximum atomic E-state index is 13.0. The molecule has 0 aliphatic carbocycles. The van der Waals surface area contributed by atoms with E-state index in [9.17, 15) is 26.2 Å². The summed E-state index contributed by atoms with van der Waals surface area (Å²) in [6.45, 7) is 2.49. The van der Waals surface area contributed by atoms with Crippen LogP contribution >= 0.6 is 39.5 Å². The second kappa shape index (κ2) is 11.6. The topological polar surface area (TPSA) is 137 Å². The summed E-state index contributed by atoms with van der Waals surface area (Å²) in [5.74, 6) is -0.104. The molecule has 222 valence electrons. The number of hydrogen-bond donors (Lipinski definition) is 1. The molecule has 2 atom stereocenters. The van der Waals surface area contributed by atoms with Crippen LogP contribution in [-0.4, -0.2) is 52.4 Å². The molecule has 2 aliphatic heterocycles. The Hall–Kier alpha value is -2.40. The average molecular weight is 714 g/mol. The number of allylic oxidation sites excluding steroid dienone is 3. The number of thioether (sulfide) groups is 2. The third kappa shape index (κ3) is 6.42. The van der Waals surface area contributed by atoms with E-state index in [1.165, 1.54) is 6.08 Å². The average Bonchev–Trinajstić information content (AvgIpc) is 3.48. The van der Waals surface area contributed by atoms with Gasteiger partial charge in [0.05, 0.1) is 17.2 Å². The molecule has 0 bridgehead atoms. The maximum absolute atomic E-state index is 13.0. The van der Waals surface area contributed by atoms with Crippen molar-refractivity contribution < 1.29 is 35.2 Å². The number of nitrogens with one attached hydrogen (secondary N) is 1. The molecule has 1 aromatic heterocycles. The van der Waals surface area contributed by atoms with Gasteiger partial charge in [-0.05, 0) is 60.4 Å². The number of rotatable bonds is 9. The SMILES string of the molecule is CCC(=Cc1oc2ccc(Br)cc2[n+]1CC=CS(=O)(=O)[O-])C=C1Sc2ccc(SC)cc2[N+]12CC2C(=O)NS(C)(=O)=O. The van der Waals surface area contributed by atoms with E-state index in [0.717, 1.165) is 36.8 Å². The summed E-state index contributed by atoms with van der Waals surface area (Å²) in [4.78, 5) is 15.1. The molecule has 1 fully saturated rings. The number of hydrogen-bond acceptors (Lipinski definition) is 9. The first-order chi connectivity index (χ1) is 19.7. The minimum absolute atomic E-state index is 0.0791. The van der Waals surface area contributed by atoms with Crippen molar-refractivity contribution in [3.8, 4) is 0 Å². The molecule has 0 saturated carbocycles. The highest BCUT2D eigenvalue weighted by molar-refractivity contribution is 9.10. The highest BCUT2D eigenvalue weighted by Gasteiger charge is 2.68. The van der Waals surface area contributed by atoms with Crippen LogP contribution in [0.15, 0.2) is 83.2 Å². The molecule has 2 unspecified atom stereocenters.